The Kier molecular flexibility index (Phi) is 4.36. The van der Waals surface area contributed by atoms with E-state index in [1.165, 1.54) is 34.9 Å². The summed E-state index contributed by atoms with van der Waals surface area (Å²) in [6.07, 6.45) is 5.32. The van der Waals surface area contributed by atoms with Gasteiger partial charge in [-0.3, -0.25) is 0 Å². The van der Waals surface area contributed by atoms with Gasteiger partial charge in [0.2, 0.25) is 0 Å². The van der Waals surface area contributed by atoms with Crippen molar-refractivity contribution in [1.29, 1.82) is 0 Å². The first-order chi connectivity index (χ1) is 7.65. The molecular weight excluding hydrogens is 333 g/mol. The molecule has 1 aromatic carbocycles. The van der Waals surface area contributed by atoms with Crippen LogP contribution in [0, 0.1) is 9.49 Å². The Balaban J connectivity index is 2.02. The predicted molar refractivity (Wildman–Crippen MR) is 79.2 cm³/mol. The summed E-state index contributed by atoms with van der Waals surface area (Å²) in [4.78, 5) is 0. The maximum absolute atomic E-state index is 5.95. The highest BCUT2D eigenvalue weighted by molar-refractivity contribution is 14.1. The van der Waals surface area contributed by atoms with E-state index in [2.05, 4.69) is 40.9 Å². The van der Waals surface area contributed by atoms with Gasteiger partial charge in [-0.15, -0.1) is 0 Å². The SMILES string of the molecule is CC1CCCC(Nc2ccc(Cl)cc2I)C1. The quantitative estimate of drug-likeness (QED) is 0.746. The van der Waals surface area contributed by atoms with Crippen molar-refractivity contribution in [1.82, 2.24) is 0 Å². The largest absolute Gasteiger partial charge is 0.381 e. The molecule has 1 aliphatic rings. The Hall–Kier alpha value is 0.0400. The molecule has 1 aliphatic carbocycles. The van der Waals surface area contributed by atoms with Crippen LogP contribution in [0.2, 0.25) is 5.02 Å². The number of nitrogens with one attached hydrogen (secondary N) is 1. The summed E-state index contributed by atoms with van der Waals surface area (Å²) in [6.45, 7) is 2.35. The highest BCUT2D eigenvalue weighted by Crippen LogP contribution is 2.29. The second kappa shape index (κ2) is 5.58. The van der Waals surface area contributed by atoms with Crippen LogP contribution in [0.3, 0.4) is 0 Å². The Bertz CT molecular complexity index is 367. The minimum Gasteiger partial charge on any atom is -0.381 e. The second-order valence-electron chi connectivity index (χ2n) is 4.74. The lowest BCUT2D eigenvalue weighted by Crippen LogP contribution is -2.26. The molecule has 2 rings (SSSR count). The first-order valence-electron chi connectivity index (χ1n) is 5.87. The molecule has 88 valence electrons. The van der Waals surface area contributed by atoms with E-state index in [-0.39, 0.29) is 0 Å². The lowest BCUT2D eigenvalue weighted by Gasteiger charge is -2.28. The van der Waals surface area contributed by atoms with Gasteiger partial charge in [-0.25, -0.2) is 0 Å². The molecule has 1 aromatic rings. The molecule has 0 amide bonds. The smallest absolute Gasteiger partial charge is 0.0479 e. The van der Waals surface area contributed by atoms with Gasteiger partial charge in [0.05, 0.1) is 0 Å². The Morgan fingerprint density at radius 2 is 2.19 bits per heavy atom. The van der Waals surface area contributed by atoms with Gasteiger partial charge in [0.1, 0.15) is 0 Å². The van der Waals surface area contributed by atoms with Crippen molar-refractivity contribution in [2.24, 2.45) is 5.92 Å². The summed E-state index contributed by atoms with van der Waals surface area (Å²) in [6, 6.07) is 6.69. The topological polar surface area (TPSA) is 12.0 Å². The van der Waals surface area contributed by atoms with Crippen molar-refractivity contribution < 1.29 is 0 Å². The Labute approximate surface area is 116 Å². The third-order valence-electron chi connectivity index (χ3n) is 3.23. The van der Waals surface area contributed by atoms with E-state index in [9.17, 15) is 0 Å². The van der Waals surface area contributed by atoms with Gasteiger partial charge < -0.3 is 5.32 Å². The molecule has 0 bridgehead atoms. The van der Waals surface area contributed by atoms with E-state index >= 15 is 0 Å². The third-order valence-corrected chi connectivity index (χ3v) is 4.35. The van der Waals surface area contributed by atoms with Gasteiger partial charge in [-0.05, 0) is 59.5 Å². The van der Waals surface area contributed by atoms with E-state index in [1.54, 1.807) is 0 Å². The Morgan fingerprint density at radius 1 is 1.38 bits per heavy atom. The van der Waals surface area contributed by atoms with Crippen LogP contribution in [0.15, 0.2) is 18.2 Å². The highest BCUT2D eigenvalue weighted by atomic mass is 127. The first-order valence-corrected chi connectivity index (χ1v) is 7.32. The molecule has 0 radical (unpaired) electrons. The van der Waals surface area contributed by atoms with Crippen LogP contribution in [-0.2, 0) is 0 Å². The summed E-state index contributed by atoms with van der Waals surface area (Å²) < 4.78 is 1.21. The molecule has 16 heavy (non-hydrogen) atoms. The molecule has 0 saturated heterocycles. The fourth-order valence-corrected chi connectivity index (χ4v) is 3.42. The van der Waals surface area contributed by atoms with Gasteiger partial charge in [0, 0.05) is 20.3 Å². The zero-order valence-electron chi connectivity index (χ0n) is 9.47. The van der Waals surface area contributed by atoms with E-state index in [1.807, 2.05) is 12.1 Å². The second-order valence-corrected chi connectivity index (χ2v) is 6.34. The van der Waals surface area contributed by atoms with Crippen molar-refractivity contribution in [3.8, 4) is 0 Å². The zero-order valence-corrected chi connectivity index (χ0v) is 12.4. The fraction of sp³-hybridized carbons (Fsp3) is 0.538. The van der Waals surface area contributed by atoms with Gasteiger partial charge >= 0.3 is 0 Å². The van der Waals surface area contributed by atoms with Gasteiger partial charge in [0.25, 0.3) is 0 Å². The predicted octanol–water partition coefficient (Wildman–Crippen LogP) is 4.94. The van der Waals surface area contributed by atoms with Crippen molar-refractivity contribution in [2.75, 3.05) is 5.32 Å². The maximum Gasteiger partial charge on any atom is 0.0479 e. The number of halogens is 2. The minimum atomic E-state index is 0.637. The molecule has 1 nitrogen and oxygen atoms in total. The van der Waals surface area contributed by atoms with Crippen LogP contribution >= 0.6 is 34.2 Å². The summed E-state index contributed by atoms with van der Waals surface area (Å²) in [5.41, 5.74) is 1.23. The van der Waals surface area contributed by atoms with Crippen molar-refractivity contribution >= 4 is 39.9 Å². The average Bonchev–Trinajstić information content (AvgIpc) is 2.22. The fourth-order valence-electron chi connectivity index (χ4n) is 2.39. The lowest BCUT2D eigenvalue weighted by atomic mass is 9.87. The molecule has 0 spiro atoms. The third kappa shape index (κ3) is 3.27. The number of anilines is 1. The molecule has 2 unspecified atom stereocenters. The van der Waals surface area contributed by atoms with Crippen molar-refractivity contribution in [3.05, 3.63) is 26.8 Å². The highest BCUT2D eigenvalue weighted by Gasteiger charge is 2.19. The minimum absolute atomic E-state index is 0.637. The summed E-state index contributed by atoms with van der Waals surface area (Å²) in [5, 5.41) is 4.45. The molecular formula is C13H17ClIN. The Morgan fingerprint density at radius 3 is 2.88 bits per heavy atom. The number of hydrogen-bond donors (Lipinski definition) is 1. The van der Waals surface area contributed by atoms with Crippen molar-refractivity contribution in [3.63, 3.8) is 0 Å². The van der Waals surface area contributed by atoms with Crippen LogP contribution in [0.25, 0.3) is 0 Å². The van der Waals surface area contributed by atoms with Crippen LogP contribution < -0.4 is 5.32 Å². The van der Waals surface area contributed by atoms with Crippen LogP contribution in [0.4, 0.5) is 5.69 Å². The molecule has 3 heteroatoms. The number of hydrogen-bond acceptors (Lipinski definition) is 1. The van der Waals surface area contributed by atoms with E-state index in [0.717, 1.165) is 10.9 Å². The van der Waals surface area contributed by atoms with Crippen LogP contribution in [-0.4, -0.2) is 6.04 Å². The zero-order chi connectivity index (χ0) is 11.5. The molecule has 1 N–H and O–H groups in total. The van der Waals surface area contributed by atoms with Crippen LogP contribution in [0.1, 0.15) is 32.6 Å². The van der Waals surface area contributed by atoms with Crippen LogP contribution in [0.5, 0.6) is 0 Å². The first kappa shape index (κ1) is 12.5. The number of rotatable bonds is 2. The average molecular weight is 350 g/mol. The number of benzene rings is 1. The summed E-state index contributed by atoms with van der Waals surface area (Å²) in [5.74, 6) is 0.858. The van der Waals surface area contributed by atoms with E-state index in [0.29, 0.717) is 6.04 Å². The van der Waals surface area contributed by atoms with Crippen molar-refractivity contribution in [2.45, 2.75) is 38.6 Å². The van der Waals surface area contributed by atoms with Gasteiger partial charge in [-0.2, -0.15) is 0 Å². The molecule has 0 aromatic heterocycles. The van der Waals surface area contributed by atoms with Gasteiger partial charge in [-0.1, -0.05) is 31.4 Å². The standard InChI is InChI=1S/C13H17ClIN/c1-9-3-2-4-11(7-9)16-13-6-5-10(14)8-12(13)15/h5-6,8-9,11,16H,2-4,7H2,1H3. The maximum atomic E-state index is 5.95. The summed E-state index contributed by atoms with van der Waals surface area (Å²) >= 11 is 8.29. The van der Waals surface area contributed by atoms with E-state index < -0.39 is 0 Å². The van der Waals surface area contributed by atoms with Gasteiger partial charge in [0.15, 0.2) is 0 Å². The molecule has 2 atom stereocenters. The summed E-state index contributed by atoms with van der Waals surface area (Å²) in [7, 11) is 0. The molecule has 0 aliphatic heterocycles. The molecule has 1 fully saturated rings. The van der Waals surface area contributed by atoms with E-state index in [4.69, 9.17) is 11.6 Å². The molecule has 1 saturated carbocycles. The molecule has 0 heterocycles. The monoisotopic (exact) mass is 349 g/mol. The normalized spacial score (nSPS) is 25.4. The lowest BCUT2D eigenvalue weighted by molar-refractivity contribution is 0.358.